The Balaban J connectivity index is 1.47. The lowest BCUT2D eigenvalue weighted by Gasteiger charge is -2.19. The Kier molecular flexibility index (Phi) is 5.65. The van der Waals surface area contributed by atoms with Gasteiger partial charge in [0.2, 0.25) is 11.7 Å². The highest BCUT2D eigenvalue weighted by atomic mass is 32.2. The second-order valence-electron chi connectivity index (χ2n) is 5.22. The molecular weight excluding hydrogens is 314 g/mol. The van der Waals surface area contributed by atoms with Gasteiger partial charge in [0.15, 0.2) is 0 Å². The molecule has 1 saturated heterocycles. The summed E-state index contributed by atoms with van der Waals surface area (Å²) in [6, 6.07) is 9.59. The standard InChI is InChI=1S/C16H19N3O3S/c20-15(19-7-4-9-23-10-8-19)12-21-11-14-17-16(18-22-14)13-5-2-1-3-6-13/h1-3,5-6H,4,7-12H2. The summed E-state index contributed by atoms with van der Waals surface area (Å²) < 4.78 is 10.6. The van der Waals surface area contributed by atoms with Crippen LogP contribution in [0.3, 0.4) is 0 Å². The minimum atomic E-state index is 0.0234. The van der Waals surface area contributed by atoms with Crippen molar-refractivity contribution in [2.24, 2.45) is 0 Å². The molecule has 3 rings (SSSR count). The zero-order valence-electron chi connectivity index (χ0n) is 12.8. The van der Waals surface area contributed by atoms with Crippen LogP contribution in [0.25, 0.3) is 11.4 Å². The van der Waals surface area contributed by atoms with Crippen LogP contribution in [0.5, 0.6) is 0 Å². The van der Waals surface area contributed by atoms with Gasteiger partial charge in [0, 0.05) is 24.4 Å². The number of ether oxygens (including phenoxy) is 1. The number of aromatic nitrogens is 2. The van der Waals surface area contributed by atoms with Gasteiger partial charge in [-0.1, -0.05) is 35.5 Å². The number of hydrogen-bond acceptors (Lipinski definition) is 6. The molecule has 1 amide bonds. The summed E-state index contributed by atoms with van der Waals surface area (Å²) in [7, 11) is 0. The molecule has 122 valence electrons. The van der Waals surface area contributed by atoms with Gasteiger partial charge in [-0.15, -0.1) is 0 Å². The Hall–Kier alpha value is -1.86. The molecule has 1 aliphatic rings. The van der Waals surface area contributed by atoms with E-state index in [1.807, 2.05) is 47.0 Å². The highest BCUT2D eigenvalue weighted by molar-refractivity contribution is 7.99. The van der Waals surface area contributed by atoms with E-state index >= 15 is 0 Å². The molecule has 0 saturated carbocycles. The molecule has 0 spiro atoms. The Morgan fingerprint density at radius 1 is 1.26 bits per heavy atom. The molecule has 0 aliphatic carbocycles. The van der Waals surface area contributed by atoms with Crippen LogP contribution in [0.4, 0.5) is 0 Å². The van der Waals surface area contributed by atoms with E-state index in [4.69, 9.17) is 9.26 Å². The van der Waals surface area contributed by atoms with Gasteiger partial charge < -0.3 is 14.2 Å². The maximum atomic E-state index is 12.1. The lowest BCUT2D eigenvalue weighted by atomic mass is 10.2. The monoisotopic (exact) mass is 333 g/mol. The highest BCUT2D eigenvalue weighted by Crippen LogP contribution is 2.15. The van der Waals surface area contributed by atoms with Crippen molar-refractivity contribution < 1.29 is 14.1 Å². The Morgan fingerprint density at radius 3 is 3.00 bits per heavy atom. The average molecular weight is 333 g/mol. The van der Waals surface area contributed by atoms with E-state index in [1.54, 1.807) is 0 Å². The third kappa shape index (κ3) is 4.56. The molecular formula is C16H19N3O3S. The normalized spacial score (nSPS) is 15.4. The van der Waals surface area contributed by atoms with Crippen molar-refractivity contribution in [1.29, 1.82) is 0 Å². The summed E-state index contributed by atoms with van der Waals surface area (Å²) >= 11 is 1.89. The lowest BCUT2D eigenvalue weighted by molar-refractivity contribution is -0.136. The molecule has 23 heavy (non-hydrogen) atoms. The van der Waals surface area contributed by atoms with Crippen LogP contribution < -0.4 is 0 Å². The third-order valence-electron chi connectivity index (χ3n) is 3.53. The van der Waals surface area contributed by atoms with Crippen LogP contribution in [-0.4, -0.2) is 52.1 Å². The number of carbonyl (C=O) groups is 1. The fraction of sp³-hybridized carbons (Fsp3) is 0.438. The Bertz CT molecular complexity index is 625. The van der Waals surface area contributed by atoms with Gasteiger partial charge >= 0.3 is 0 Å². The number of hydrogen-bond donors (Lipinski definition) is 0. The second-order valence-corrected chi connectivity index (χ2v) is 6.44. The van der Waals surface area contributed by atoms with Crippen molar-refractivity contribution >= 4 is 17.7 Å². The zero-order valence-corrected chi connectivity index (χ0v) is 13.6. The molecule has 0 N–H and O–H groups in total. The van der Waals surface area contributed by atoms with E-state index in [9.17, 15) is 4.79 Å². The molecule has 6 nitrogen and oxygen atoms in total. The molecule has 2 heterocycles. The first-order chi connectivity index (χ1) is 11.3. The van der Waals surface area contributed by atoms with Crippen molar-refractivity contribution in [3.63, 3.8) is 0 Å². The lowest BCUT2D eigenvalue weighted by Crippen LogP contribution is -2.35. The van der Waals surface area contributed by atoms with Gasteiger partial charge in [-0.2, -0.15) is 16.7 Å². The van der Waals surface area contributed by atoms with Crippen LogP contribution in [0.1, 0.15) is 12.3 Å². The zero-order chi connectivity index (χ0) is 15.9. The van der Waals surface area contributed by atoms with Gasteiger partial charge in [0.25, 0.3) is 5.89 Å². The summed E-state index contributed by atoms with van der Waals surface area (Å²) in [5.74, 6) is 3.04. The molecule has 1 aromatic carbocycles. The third-order valence-corrected chi connectivity index (χ3v) is 4.57. The summed E-state index contributed by atoms with van der Waals surface area (Å²) in [5, 5.41) is 3.92. The van der Waals surface area contributed by atoms with Crippen LogP contribution in [0, 0.1) is 0 Å². The predicted octanol–water partition coefficient (Wildman–Crippen LogP) is 2.22. The number of benzene rings is 1. The van der Waals surface area contributed by atoms with Gasteiger partial charge in [0.1, 0.15) is 13.2 Å². The van der Waals surface area contributed by atoms with Crippen LogP contribution in [-0.2, 0) is 16.1 Å². The quantitative estimate of drug-likeness (QED) is 0.836. The van der Waals surface area contributed by atoms with Gasteiger partial charge in [-0.3, -0.25) is 4.79 Å². The van der Waals surface area contributed by atoms with E-state index in [0.717, 1.165) is 36.6 Å². The molecule has 2 aromatic rings. The van der Waals surface area contributed by atoms with E-state index in [1.165, 1.54) is 0 Å². The summed E-state index contributed by atoms with van der Waals surface area (Å²) in [4.78, 5) is 18.2. The smallest absolute Gasteiger partial charge is 0.252 e. The molecule has 0 unspecified atom stereocenters. The molecule has 0 bridgehead atoms. The van der Waals surface area contributed by atoms with Crippen molar-refractivity contribution in [2.45, 2.75) is 13.0 Å². The molecule has 1 fully saturated rings. The largest absolute Gasteiger partial charge is 0.362 e. The number of nitrogens with zero attached hydrogens (tertiary/aromatic N) is 3. The van der Waals surface area contributed by atoms with Crippen molar-refractivity contribution in [3.05, 3.63) is 36.2 Å². The van der Waals surface area contributed by atoms with Gasteiger partial charge in [0.05, 0.1) is 0 Å². The van der Waals surface area contributed by atoms with Crippen LogP contribution in [0.15, 0.2) is 34.9 Å². The van der Waals surface area contributed by atoms with Gasteiger partial charge in [-0.25, -0.2) is 0 Å². The minimum Gasteiger partial charge on any atom is -0.362 e. The first-order valence-electron chi connectivity index (χ1n) is 7.64. The van der Waals surface area contributed by atoms with Crippen molar-refractivity contribution in [1.82, 2.24) is 15.0 Å². The van der Waals surface area contributed by atoms with E-state index in [0.29, 0.717) is 11.7 Å². The second kappa shape index (κ2) is 8.12. The molecule has 0 radical (unpaired) electrons. The predicted molar refractivity (Wildman–Crippen MR) is 87.9 cm³/mol. The maximum Gasteiger partial charge on any atom is 0.252 e. The van der Waals surface area contributed by atoms with Crippen LogP contribution in [0.2, 0.25) is 0 Å². The fourth-order valence-corrected chi connectivity index (χ4v) is 3.22. The number of thioether (sulfide) groups is 1. The SMILES string of the molecule is O=C(COCc1nc(-c2ccccc2)no1)N1CCCSCC1. The maximum absolute atomic E-state index is 12.1. The average Bonchev–Trinajstić information content (AvgIpc) is 2.89. The molecule has 7 heteroatoms. The topological polar surface area (TPSA) is 68.5 Å². The van der Waals surface area contributed by atoms with Crippen molar-refractivity contribution in [2.75, 3.05) is 31.2 Å². The van der Waals surface area contributed by atoms with E-state index < -0.39 is 0 Å². The minimum absolute atomic E-state index is 0.0234. The summed E-state index contributed by atoms with van der Waals surface area (Å²) in [6.45, 7) is 1.81. The number of rotatable bonds is 5. The Morgan fingerprint density at radius 2 is 2.13 bits per heavy atom. The number of carbonyl (C=O) groups excluding carboxylic acids is 1. The van der Waals surface area contributed by atoms with Gasteiger partial charge in [-0.05, 0) is 12.2 Å². The molecule has 1 aliphatic heterocycles. The molecule has 1 aromatic heterocycles. The van der Waals surface area contributed by atoms with E-state index in [-0.39, 0.29) is 19.1 Å². The van der Waals surface area contributed by atoms with Crippen molar-refractivity contribution in [3.8, 4) is 11.4 Å². The molecule has 0 atom stereocenters. The number of amides is 1. The summed E-state index contributed by atoms with van der Waals surface area (Å²) in [6.07, 6.45) is 1.04. The first kappa shape index (κ1) is 16.0. The summed E-state index contributed by atoms with van der Waals surface area (Å²) in [5.41, 5.74) is 0.889. The first-order valence-corrected chi connectivity index (χ1v) is 8.79. The Labute approximate surface area is 139 Å². The fourth-order valence-electron chi connectivity index (χ4n) is 2.33. The van der Waals surface area contributed by atoms with Crippen LogP contribution >= 0.6 is 11.8 Å². The highest BCUT2D eigenvalue weighted by Gasteiger charge is 2.16. The van der Waals surface area contributed by atoms with E-state index in [2.05, 4.69) is 10.1 Å².